The average Bonchev–Trinajstić information content (AvgIpc) is 2.37. The number of urea groups is 1. The molecule has 1 aromatic carbocycles. The number of hydrogen-bond donors (Lipinski definition) is 2. The summed E-state index contributed by atoms with van der Waals surface area (Å²) in [5.41, 5.74) is 0.933. The van der Waals surface area contributed by atoms with Crippen LogP contribution in [0.15, 0.2) is 24.3 Å². The molecule has 106 valence electrons. The van der Waals surface area contributed by atoms with Gasteiger partial charge in [-0.15, -0.1) is 0 Å². The minimum atomic E-state index is -0.184. The predicted octanol–water partition coefficient (Wildman–Crippen LogP) is 2.25. The first-order chi connectivity index (χ1) is 8.86. The Morgan fingerprint density at radius 1 is 1.37 bits per heavy atom. The first kappa shape index (κ1) is 15.8. The molecule has 0 aromatic heterocycles. The number of carbonyl (C=O) groups is 1. The van der Waals surface area contributed by atoms with Gasteiger partial charge in [0.05, 0.1) is 6.61 Å². The molecule has 2 amide bonds. The zero-order chi connectivity index (χ0) is 14.5. The van der Waals surface area contributed by atoms with Gasteiger partial charge in [0.15, 0.2) is 0 Å². The minimum absolute atomic E-state index is 0.0372. The Bertz CT molecular complexity index is 418. The third-order valence-corrected chi connectivity index (χ3v) is 3.34. The van der Waals surface area contributed by atoms with E-state index in [4.69, 9.17) is 16.7 Å². The van der Waals surface area contributed by atoms with Gasteiger partial charge in [0.2, 0.25) is 0 Å². The van der Waals surface area contributed by atoms with Crippen molar-refractivity contribution in [2.45, 2.75) is 19.3 Å². The zero-order valence-electron chi connectivity index (χ0n) is 11.6. The first-order valence-electron chi connectivity index (χ1n) is 6.22. The van der Waals surface area contributed by atoms with Crippen LogP contribution in [-0.4, -0.2) is 42.8 Å². The van der Waals surface area contributed by atoms with Gasteiger partial charge in [0, 0.05) is 30.6 Å². The molecule has 4 nitrogen and oxygen atoms in total. The van der Waals surface area contributed by atoms with Crippen LogP contribution in [0.4, 0.5) is 4.79 Å². The number of nitrogens with one attached hydrogen (secondary N) is 1. The summed E-state index contributed by atoms with van der Waals surface area (Å²) in [7, 11) is 1.65. The van der Waals surface area contributed by atoms with Gasteiger partial charge in [-0.3, -0.25) is 0 Å². The molecule has 0 aliphatic rings. The van der Waals surface area contributed by atoms with Crippen molar-refractivity contribution in [2.75, 3.05) is 26.7 Å². The van der Waals surface area contributed by atoms with E-state index in [1.165, 1.54) is 4.90 Å². The van der Waals surface area contributed by atoms with Gasteiger partial charge in [-0.1, -0.05) is 37.6 Å². The number of likely N-dealkylation sites (N-methyl/N-ethyl adjacent to an activating group) is 1. The van der Waals surface area contributed by atoms with Crippen molar-refractivity contribution in [3.8, 4) is 0 Å². The van der Waals surface area contributed by atoms with Crippen LogP contribution in [0.3, 0.4) is 0 Å². The molecule has 0 spiro atoms. The van der Waals surface area contributed by atoms with Crippen LogP contribution in [0.5, 0.6) is 0 Å². The van der Waals surface area contributed by atoms with E-state index in [2.05, 4.69) is 19.2 Å². The van der Waals surface area contributed by atoms with E-state index < -0.39 is 0 Å². The number of halogens is 1. The molecule has 19 heavy (non-hydrogen) atoms. The Hall–Kier alpha value is -1.26. The third-order valence-electron chi connectivity index (χ3n) is 3.09. The summed E-state index contributed by atoms with van der Waals surface area (Å²) in [6.07, 6.45) is 0. The van der Waals surface area contributed by atoms with Crippen molar-refractivity contribution >= 4 is 17.6 Å². The van der Waals surface area contributed by atoms with Gasteiger partial charge < -0.3 is 15.3 Å². The van der Waals surface area contributed by atoms with Crippen LogP contribution < -0.4 is 5.32 Å². The number of rotatable bonds is 5. The lowest BCUT2D eigenvalue weighted by molar-refractivity contribution is 0.188. The fraction of sp³-hybridized carbons (Fsp3) is 0.500. The Morgan fingerprint density at radius 3 is 2.47 bits per heavy atom. The number of hydrogen-bond acceptors (Lipinski definition) is 2. The Labute approximate surface area is 119 Å². The van der Waals surface area contributed by atoms with Gasteiger partial charge in [0.25, 0.3) is 0 Å². The van der Waals surface area contributed by atoms with Crippen LogP contribution in [-0.2, 0) is 5.41 Å². The van der Waals surface area contributed by atoms with E-state index in [0.717, 1.165) is 5.56 Å². The molecule has 2 N–H and O–H groups in total. The molecular formula is C14H21ClN2O2. The largest absolute Gasteiger partial charge is 0.395 e. The van der Waals surface area contributed by atoms with Crippen molar-refractivity contribution in [3.05, 3.63) is 34.9 Å². The summed E-state index contributed by atoms with van der Waals surface area (Å²) in [5.74, 6) is 0. The Balaban J connectivity index is 2.60. The normalized spacial score (nSPS) is 11.2. The predicted molar refractivity (Wildman–Crippen MR) is 77.6 cm³/mol. The lowest BCUT2D eigenvalue weighted by Crippen LogP contribution is -2.43. The van der Waals surface area contributed by atoms with E-state index in [-0.39, 0.29) is 18.1 Å². The standard InChI is InChI=1S/C14H21ClN2O2/c1-14(2,11-4-6-12(15)7-5-11)10-16-13(19)17(3)8-9-18/h4-7,18H,8-10H2,1-3H3,(H,16,19). The molecule has 0 heterocycles. The summed E-state index contributed by atoms with van der Waals surface area (Å²) in [6, 6.07) is 7.44. The van der Waals surface area contributed by atoms with E-state index in [9.17, 15) is 4.79 Å². The van der Waals surface area contributed by atoms with Crippen molar-refractivity contribution in [1.82, 2.24) is 10.2 Å². The maximum Gasteiger partial charge on any atom is 0.317 e. The number of aliphatic hydroxyl groups excluding tert-OH is 1. The van der Waals surface area contributed by atoms with Crippen molar-refractivity contribution in [1.29, 1.82) is 0 Å². The lowest BCUT2D eigenvalue weighted by Gasteiger charge is -2.27. The Morgan fingerprint density at radius 2 is 1.95 bits per heavy atom. The molecule has 0 saturated carbocycles. The lowest BCUT2D eigenvalue weighted by atomic mass is 9.85. The fourth-order valence-electron chi connectivity index (χ4n) is 1.69. The summed E-state index contributed by atoms with van der Waals surface area (Å²) < 4.78 is 0. The summed E-state index contributed by atoms with van der Waals surface area (Å²) >= 11 is 5.87. The number of amides is 2. The maximum absolute atomic E-state index is 11.7. The molecule has 0 bridgehead atoms. The van der Waals surface area contributed by atoms with Gasteiger partial charge >= 0.3 is 6.03 Å². The van der Waals surface area contributed by atoms with E-state index in [0.29, 0.717) is 18.1 Å². The van der Waals surface area contributed by atoms with Crippen molar-refractivity contribution < 1.29 is 9.90 Å². The maximum atomic E-state index is 11.7. The molecule has 0 unspecified atom stereocenters. The van der Waals surface area contributed by atoms with Gasteiger partial charge in [0.1, 0.15) is 0 Å². The molecule has 0 saturated heterocycles. The minimum Gasteiger partial charge on any atom is -0.395 e. The van der Waals surface area contributed by atoms with E-state index in [1.54, 1.807) is 7.05 Å². The highest BCUT2D eigenvalue weighted by Crippen LogP contribution is 2.23. The molecule has 5 heteroatoms. The molecule has 1 aromatic rings. The average molecular weight is 285 g/mol. The molecule has 0 aliphatic carbocycles. The smallest absolute Gasteiger partial charge is 0.317 e. The van der Waals surface area contributed by atoms with Gasteiger partial charge in [-0.25, -0.2) is 4.79 Å². The van der Waals surface area contributed by atoms with Gasteiger partial charge in [-0.05, 0) is 17.7 Å². The molecule has 0 atom stereocenters. The second-order valence-electron chi connectivity index (χ2n) is 5.19. The van der Waals surface area contributed by atoms with Crippen LogP contribution >= 0.6 is 11.6 Å². The highest BCUT2D eigenvalue weighted by molar-refractivity contribution is 6.30. The first-order valence-corrected chi connectivity index (χ1v) is 6.60. The second-order valence-corrected chi connectivity index (χ2v) is 5.63. The van der Waals surface area contributed by atoms with Crippen LogP contribution in [0.2, 0.25) is 5.02 Å². The highest BCUT2D eigenvalue weighted by Gasteiger charge is 2.22. The third kappa shape index (κ3) is 4.73. The monoisotopic (exact) mass is 284 g/mol. The summed E-state index contributed by atoms with van der Waals surface area (Å²) in [4.78, 5) is 13.2. The Kier molecular flexibility index (Phi) is 5.63. The van der Waals surface area contributed by atoms with Crippen molar-refractivity contribution in [3.63, 3.8) is 0 Å². The number of aliphatic hydroxyl groups is 1. The number of carbonyl (C=O) groups excluding carboxylic acids is 1. The van der Waals surface area contributed by atoms with E-state index >= 15 is 0 Å². The zero-order valence-corrected chi connectivity index (χ0v) is 12.4. The molecule has 0 radical (unpaired) electrons. The molecule has 0 fully saturated rings. The van der Waals surface area contributed by atoms with Crippen LogP contribution in [0.25, 0.3) is 0 Å². The SMILES string of the molecule is CN(CCO)C(=O)NCC(C)(C)c1ccc(Cl)cc1. The quantitative estimate of drug-likeness (QED) is 0.871. The fourth-order valence-corrected chi connectivity index (χ4v) is 1.81. The van der Waals surface area contributed by atoms with Crippen molar-refractivity contribution in [2.24, 2.45) is 0 Å². The second kappa shape index (κ2) is 6.78. The summed E-state index contributed by atoms with van der Waals surface area (Å²) in [5, 5.41) is 12.3. The number of nitrogens with zero attached hydrogens (tertiary/aromatic N) is 1. The van der Waals surface area contributed by atoms with Crippen LogP contribution in [0.1, 0.15) is 19.4 Å². The molecule has 0 aliphatic heterocycles. The number of benzene rings is 1. The molecular weight excluding hydrogens is 264 g/mol. The summed E-state index contributed by atoms with van der Waals surface area (Å²) in [6.45, 7) is 4.92. The van der Waals surface area contributed by atoms with E-state index in [1.807, 2.05) is 24.3 Å². The topological polar surface area (TPSA) is 52.6 Å². The van der Waals surface area contributed by atoms with Crippen LogP contribution in [0, 0.1) is 0 Å². The molecule has 1 rings (SSSR count). The highest BCUT2D eigenvalue weighted by atomic mass is 35.5. The van der Waals surface area contributed by atoms with Gasteiger partial charge in [-0.2, -0.15) is 0 Å².